The summed E-state index contributed by atoms with van der Waals surface area (Å²) in [5.41, 5.74) is 1.29. The minimum atomic E-state index is -0.207. The number of carbonyl (C=O) groups is 2. The molecule has 35 heavy (non-hydrogen) atoms. The smallest absolute Gasteiger partial charge is 0.305 e. The van der Waals surface area contributed by atoms with E-state index in [1.165, 1.54) is 24.8 Å². The summed E-state index contributed by atoms with van der Waals surface area (Å²) in [7, 11) is 0. The van der Waals surface area contributed by atoms with Gasteiger partial charge >= 0.3 is 5.97 Å². The molecule has 196 valence electrons. The molecule has 2 fully saturated rings. The number of amides is 1. The molecule has 1 heterocycles. The normalized spacial score (nSPS) is 23.7. The average Bonchev–Trinajstić information content (AvgIpc) is 2.84. The third-order valence-electron chi connectivity index (χ3n) is 8.36. The molecule has 1 amide bonds. The molecule has 0 bridgehead atoms. The highest BCUT2D eigenvalue weighted by molar-refractivity contribution is 5.77. The Bertz CT molecular complexity index is 823. The highest BCUT2D eigenvalue weighted by atomic mass is 16.5. The van der Waals surface area contributed by atoms with E-state index in [4.69, 9.17) is 4.74 Å². The van der Waals surface area contributed by atoms with Crippen LogP contribution in [0.2, 0.25) is 0 Å². The van der Waals surface area contributed by atoms with Crippen LogP contribution in [0.15, 0.2) is 24.3 Å². The predicted molar refractivity (Wildman–Crippen MR) is 139 cm³/mol. The first-order valence-corrected chi connectivity index (χ1v) is 13.8. The SMILES string of the molecule is CCOC(=O)CCCC(=O)N(CCCN1CC[C@](C)(c2cccc(O)c2)[C@@H](C)C1)C1CCCCC1. The molecule has 0 radical (unpaired) electrons. The number of rotatable bonds is 11. The second kappa shape index (κ2) is 13.3. The van der Waals surface area contributed by atoms with Gasteiger partial charge in [-0.05, 0) is 81.1 Å². The third-order valence-corrected chi connectivity index (χ3v) is 8.36. The van der Waals surface area contributed by atoms with E-state index in [1.807, 2.05) is 19.1 Å². The van der Waals surface area contributed by atoms with Crippen LogP contribution in [0.3, 0.4) is 0 Å². The Morgan fingerprint density at radius 1 is 1.17 bits per heavy atom. The van der Waals surface area contributed by atoms with Gasteiger partial charge in [-0.2, -0.15) is 0 Å². The largest absolute Gasteiger partial charge is 0.508 e. The molecular weight excluding hydrogens is 440 g/mol. The highest BCUT2D eigenvalue weighted by Crippen LogP contribution is 2.40. The molecule has 0 unspecified atom stereocenters. The zero-order valence-electron chi connectivity index (χ0n) is 22.1. The number of nitrogens with zero attached hydrogens (tertiary/aromatic N) is 2. The lowest BCUT2D eigenvalue weighted by atomic mass is 9.68. The van der Waals surface area contributed by atoms with E-state index in [2.05, 4.69) is 29.7 Å². The van der Waals surface area contributed by atoms with Crippen molar-refractivity contribution in [1.82, 2.24) is 9.80 Å². The van der Waals surface area contributed by atoms with Crippen molar-refractivity contribution >= 4 is 11.9 Å². The summed E-state index contributed by atoms with van der Waals surface area (Å²) in [6.07, 6.45) is 9.25. The van der Waals surface area contributed by atoms with Crippen molar-refractivity contribution in [3.8, 4) is 5.75 Å². The fraction of sp³-hybridized carbons (Fsp3) is 0.724. The summed E-state index contributed by atoms with van der Waals surface area (Å²) >= 11 is 0. The van der Waals surface area contributed by atoms with E-state index >= 15 is 0 Å². The van der Waals surface area contributed by atoms with Crippen LogP contribution in [0.4, 0.5) is 0 Å². The highest BCUT2D eigenvalue weighted by Gasteiger charge is 2.38. The van der Waals surface area contributed by atoms with Gasteiger partial charge in [-0.15, -0.1) is 0 Å². The quantitative estimate of drug-likeness (QED) is 0.431. The maximum Gasteiger partial charge on any atom is 0.305 e. The van der Waals surface area contributed by atoms with Gasteiger partial charge in [-0.25, -0.2) is 0 Å². The van der Waals surface area contributed by atoms with E-state index in [0.717, 1.165) is 51.9 Å². The molecule has 1 aliphatic carbocycles. The molecule has 0 aromatic heterocycles. The lowest BCUT2D eigenvalue weighted by Crippen LogP contribution is -2.48. The summed E-state index contributed by atoms with van der Waals surface area (Å²) in [5, 5.41) is 9.96. The number of likely N-dealkylation sites (tertiary alicyclic amines) is 1. The minimum Gasteiger partial charge on any atom is -0.508 e. The molecule has 1 aliphatic heterocycles. The molecule has 1 aromatic carbocycles. The zero-order chi connectivity index (χ0) is 25.3. The van der Waals surface area contributed by atoms with E-state index in [-0.39, 0.29) is 17.3 Å². The summed E-state index contributed by atoms with van der Waals surface area (Å²) in [6.45, 7) is 10.7. The molecule has 2 aliphatic rings. The summed E-state index contributed by atoms with van der Waals surface area (Å²) in [4.78, 5) is 29.5. The number of phenols is 1. The van der Waals surface area contributed by atoms with E-state index in [1.54, 1.807) is 6.07 Å². The number of benzene rings is 1. The summed E-state index contributed by atoms with van der Waals surface area (Å²) in [6, 6.07) is 8.10. The van der Waals surface area contributed by atoms with Crippen LogP contribution in [0.5, 0.6) is 5.75 Å². The standard InChI is InChI=1S/C29H46N2O4/c1-4-35-28(34)16-9-15-27(33)31(25-12-6-5-7-13-25)19-10-18-30-20-17-29(3,23(2)22-30)24-11-8-14-26(32)21-24/h8,11,14,21,23,25,32H,4-7,9-10,12-13,15-20,22H2,1-3H3/t23-,29-/m0/s1. The maximum atomic E-state index is 13.1. The number of hydrogen-bond acceptors (Lipinski definition) is 5. The Kier molecular flexibility index (Phi) is 10.4. The predicted octanol–water partition coefficient (Wildman–Crippen LogP) is 5.28. The van der Waals surface area contributed by atoms with Crippen molar-refractivity contribution < 1.29 is 19.4 Å². The molecule has 3 rings (SSSR count). The van der Waals surface area contributed by atoms with Crippen LogP contribution in [0.25, 0.3) is 0 Å². The Labute approximate surface area is 212 Å². The first kappa shape index (κ1) is 27.5. The van der Waals surface area contributed by atoms with Gasteiger partial charge in [0.15, 0.2) is 0 Å². The van der Waals surface area contributed by atoms with Crippen LogP contribution in [0.1, 0.15) is 90.5 Å². The van der Waals surface area contributed by atoms with Gasteiger partial charge in [0.25, 0.3) is 0 Å². The summed E-state index contributed by atoms with van der Waals surface area (Å²) < 4.78 is 5.01. The second-order valence-electron chi connectivity index (χ2n) is 10.8. The fourth-order valence-corrected chi connectivity index (χ4v) is 5.94. The monoisotopic (exact) mass is 486 g/mol. The lowest BCUT2D eigenvalue weighted by molar-refractivity contribution is -0.143. The van der Waals surface area contributed by atoms with E-state index in [0.29, 0.717) is 43.6 Å². The second-order valence-corrected chi connectivity index (χ2v) is 10.8. The van der Waals surface area contributed by atoms with Crippen LogP contribution in [0, 0.1) is 5.92 Å². The van der Waals surface area contributed by atoms with E-state index in [9.17, 15) is 14.7 Å². The molecule has 0 spiro atoms. The Morgan fingerprint density at radius 3 is 2.63 bits per heavy atom. The number of aromatic hydroxyl groups is 1. The van der Waals surface area contributed by atoms with Crippen LogP contribution >= 0.6 is 0 Å². The lowest BCUT2D eigenvalue weighted by Gasteiger charge is -2.45. The third kappa shape index (κ3) is 7.70. The Hall–Kier alpha value is -2.08. The van der Waals surface area contributed by atoms with Crippen LogP contribution < -0.4 is 0 Å². The van der Waals surface area contributed by atoms with Crippen LogP contribution in [-0.2, 0) is 19.7 Å². The minimum absolute atomic E-state index is 0.0677. The Morgan fingerprint density at radius 2 is 1.94 bits per heavy atom. The number of esters is 1. The number of hydrogen-bond donors (Lipinski definition) is 1. The number of piperidine rings is 1. The maximum absolute atomic E-state index is 13.1. The fourth-order valence-electron chi connectivity index (χ4n) is 5.94. The molecule has 1 aromatic rings. The first-order valence-electron chi connectivity index (χ1n) is 13.8. The van der Waals surface area contributed by atoms with Gasteiger partial charge in [0.1, 0.15) is 5.75 Å². The van der Waals surface area contributed by atoms with Crippen LogP contribution in [-0.4, -0.2) is 65.6 Å². The van der Waals surface area contributed by atoms with Crippen molar-refractivity contribution in [3.05, 3.63) is 29.8 Å². The van der Waals surface area contributed by atoms with Gasteiger partial charge in [0, 0.05) is 32.0 Å². The number of phenolic OH excluding ortho intramolecular Hbond substituents is 1. The average molecular weight is 487 g/mol. The van der Waals surface area contributed by atoms with Gasteiger partial charge in [0.2, 0.25) is 5.91 Å². The van der Waals surface area contributed by atoms with E-state index < -0.39 is 0 Å². The molecule has 6 heteroatoms. The molecular formula is C29H46N2O4. The zero-order valence-corrected chi connectivity index (χ0v) is 22.1. The molecule has 1 N–H and O–H groups in total. The van der Waals surface area contributed by atoms with Crippen molar-refractivity contribution in [2.45, 2.75) is 96.4 Å². The van der Waals surface area contributed by atoms with Gasteiger partial charge in [0.05, 0.1) is 6.61 Å². The van der Waals surface area contributed by atoms with Gasteiger partial charge < -0.3 is 19.6 Å². The molecule has 6 nitrogen and oxygen atoms in total. The molecule has 2 atom stereocenters. The van der Waals surface area contributed by atoms with Gasteiger partial charge in [-0.1, -0.05) is 45.2 Å². The number of ether oxygens (including phenoxy) is 1. The topological polar surface area (TPSA) is 70.1 Å². The first-order chi connectivity index (χ1) is 16.8. The molecule has 1 saturated carbocycles. The number of carbonyl (C=O) groups excluding carboxylic acids is 2. The molecule has 1 saturated heterocycles. The summed E-state index contributed by atoms with van der Waals surface area (Å²) in [5.74, 6) is 0.816. The van der Waals surface area contributed by atoms with Crippen molar-refractivity contribution in [3.63, 3.8) is 0 Å². The van der Waals surface area contributed by atoms with Crippen molar-refractivity contribution in [2.75, 3.05) is 32.8 Å². The van der Waals surface area contributed by atoms with Crippen molar-refractivity contribution in [1.29, 1.82) is 0 Å². The van der Waals surface area contributed by atoms with Crippen molar-refractivity contribution in [2.24, 2.45) is 5.92 Å². The van der Waals surface area contributed by atoms with Gasteiger partial charge in [-0.3, -0.25) is 9.59 Å². The Balaban J connectivity index is 1.50.